The normalized spacial score (nSPS) is 18.0. The van der Waals surface area contributed by atoms with Gasteiger partial charge in [0, 0.05) is 30.3 Å². The lowest BCUT2D eigenvalue weighted by molar-refractivity contribution is 0.124. The Morgan fingerprint density at radius 2 is 2.09 bits per heavy atom. The van der Waals surface area contributed by atoms with Crippen LogP contribution in [0.2, 0.25) is 0 Å². The molecule has 2 aliphatic heterocycles. The van der Waals surface area contributed by atoms with Gasteiger partial charge >= 0.3 is 6.09 Å². The number of hydrogen-bond acceptors (Lipinski definition) is 9. The SMILES string of the molecule is COc1ccc2ncc(F)c(CNCC[C@H](N)C3CN(c4ccc5c(c4)OCCO5)C(=O)O3)c2n1. The minimum absolute atomic E-state index is 0.242. The third-order valence-electron chi connectivity index (χ3n) is 6.05. The highest BCUT2D eigenvalue weighted by atomic mass is 19.1. The summed E-state index contributed by atoms with van der Waals surface area (Å²) in [6.07, 6.45) is 0.778. The first-order valence-corrected chi connectivity index (χ1v) is 11.4. The van der Waals surface area contributed by atoms with Gasteiger partial charge in [0.1, 0.15) is 30.7 Å². The Morgan fingerprint density at radius 1 is 1.26 bits per heavy atom. The van der Waals surface area contributed by atoms with E-state index in [0.29, 0.717) is 72.4 Å². The van der Waals surface area contributed by atoms with E-state index in [1.165, 1.54) is 18.2 Å². The molecule has 2 atom stereocenters. The van der Waals surface area contributed by atoms with Crippen molar-refractivity contribution in [1.82, 2.24) is 15.3 Å². The average Bonchev–Trinajstić information content (AvgIpc) is 3.28. The molecule has 3 N–H and O–H groups in total. The predicted molar refractivity (Wildman–Crippen MR) is 125 cm³/mol. The molecule has 3 aromatic rings. The van der Waals surface area contributed by atoms with Gasteiger partial charge in [-0.15, -0.1) is 0 Å². The summed E-state index contributed by atoms with van der Waals surface area (Å²) < 4.78 is 36.3. The van der Waals surface area contributed by atoms with E-state index in [1.54, 1.807) is 30.3 Å². The van der Waals surface area contributed by atoms with E-state index >= 15 is 0 Å². The van der Waals surface area contributed by atoms with Gasteiger partial charge in [0.05, 0.1) is 31.1 Å². The van der Waals surface area contributed by atoms with Gasteiger partial charge in [-0.2, -0.15) is 0 Å². The van der Waals surface area contributed by atoms with Crippen molar-refractivity contribution in [2.45, 2.75) is 25.1 Å². The summed E-state index contributed by atoms with van der Waals surface area (Å²) in [5.41, 5.74) is 8.42. The third-order valence-corrected chi connectivity index (χ3v) is 6.05. The first kappa shape index (κ1) is 23.1. The summed E-state index contributed by atoms with van der Waals surface area (Å²) >= 11 is 0. The number of aromatic nitrogens is 2. The van der Waals surface area contributed by atoms with Crippen LogP contribution >= 0.6 is 0 Å². The van der Waals surface area contributed by atoms with E-state index in [2.05, 4.69) is 15.3 Å². The summed E-state index contributed by atoms with van der Waals surface area (Å²) in [6, 6.07) is 8.36. The number of methoxy groups -OCH3 is 1. The number of benzene rings is 1. The topological polar surface area (TPSA) is 121 Å². The molecule has 1 fully saturated rings. The summed E-state index contributed by atoms with van der Waals surface area (Å²) in [6.45, 7) is 2.02. The van der Waals surface area contributed by atoms with Crippen LogP contribution in [-0.2, 0) is 11.3 Å². The number of fused-ring (bicyclic) bond motifs is 2. The maximum atomic E-state index is 14.5. The third kappa shape index (κ3) is 4.77. The van der Waals surface area contributed by atoms with Crippen LogP contribution in [0.5, 0.6) is 17.4 Å². The number of halogens is 1. The lowest BCUT2D eigenvalue weighted by Gasteiger charge is -2.21. The van der Waals surface area contributed by atoms with Crippen molar-refractivity contribution in [3.8, 4) is 17.4 Å². The van der Waals surface area contributed by atoms with Crippen LogP contribution in [0.25, 0.3) is 11.0 Å². The zero-order valence-electron chi connectivity index (χ0n) is 19.2. The largest absolute Gasteiger partial charge is 0.486 e. The van der Waals surface area contributed by atoms with Crippen molar-refractivity contribution < 1.29 is 28.1 Å². The van der Waals surface area contributed by atoms with Gasteiger partial charge in [-0.25, -0.2) is 14.2 Å². The molecule has 1 saturated heterocycles. The number of rotatable bonds is 8. The quantitative estimate of drug-likeness (QED) is 0.465. The molecule has 2 aromatic heterocycles. The highest BCUT2D eigenvalue weighted by molar-refractivity contribution is 5.90. The van der Waals surface area contributed by atoms with Crippen molar-refractivity contribution in [3.63, 3.8) is 0 Å². The summed E-state index contributed by atoms with van der Waals surface area (Å²) in [4.78, 5) is 22.4. The van der Waals surface area contributed by atoms with E-state index in [0.717, 1.165) is 0 Å². The van der Waals surface area contributed by atoms with Crippen LogP contribution in [0.15, 0.2) is 36.5 Å². The van der Waals surface area contributed by atoms with Crippen LogP contribution in [-0.4, -0.2) is 61.6 Å². The van der Waals surface area contributed by atoms with Gasteiger partial charge in [0.25, 0.3) is 0 Å². The highest BCUT2D eigenvalue weighted by Gasteiger charge is 2.36. The molecule has 184 valence electrons. The zero-order valence-corrected chi connectivity index (χ0v) is 19.2. The highest BCUT2D eigenvalue weighted by Crippen LogP contribution is 2.35. The van der Waals surface area contributed by atoms with Gasteiger partial charge < -0.3 is 30.0 Å². The van der Waals surface area contributed by atoms with Gasteiger partial charge in [-0.3, -0.25) is 9.88 Å². The van der Waals surface area contributed by atoms with Gasteiger partial charge in [-0.1, -0.05) is 0 Å². The molecule has 0 radical (unpaired) electrons. The minimum atomic E-state index is -0.470. The Morgan fingerprint density at radius 3 is 2.91 bits per heavy atom. The first-order chi connectivity index (χ1) is 17.0. The number of carbonyl (C=O) groups excluding carboxylic acids is 1. The fraction of sp³-hybridized carbons (Fsp3) is 0.375. The second kappa shape index (κ2) is 9.88. The predicted octanol–water partition coefficient (Wildman–Crippen LogP) is 2.38. The van der Waals surface area contributed by atoms with Crippen LogP contribution in [0.3, 0.4) is 0 Å². The molecule has 0 spiro atoms. The van der Waals surface area contributed by atoms with Crippen LogP contribution in [0.1, 0.15) is 12.0 Å². The van der Waals surface area contributed by atoms with Crippen LogP contribution in [0, 0.1) is 5.82 Å². The average molecular weight is 484 g/mol. The van der Waals surface area contributed by atoms with E-state index in [4.69, 9.17) is 24.7 Å². The Labute approximate surface area is 201 Å². The molecule has 4 heterocycles. The molecule has 0 aliphatic carbocycles. The molecule has 10 nitrogen and oxygen atoms in total. The molecule has 0 saturated carbocycles. The van der Waals surface area contributed by atoms with E-state index in [9.17, 15) is 9.18 Å². The number of anilines is 1. The van der Waals surface area contributed by atoms with E-state index in [1.807, 2.05) is 0 Å². The monoisotopic (exact) mass is 483 g/mol. The van der Waals surface area contributed by atoms with Gasteiger partial charge in [0.2, 0.25) is 5.88 Å². The Hall–Kier alpha value is -3.70. The standard InChI is InChI=1S/C24H26FN5O5/c1-32-22-5-3-18-23(29-22)15(16(25)12-28-18)11-27-7-6-17(26)21-13-30(24(31)35-21)14-2-4-19-20(10-14)34-9-8-33-19/h2-5,10,12,17,21,27H,6-9,11,13,26H2,1H3/t17-,21?/m0/s1. The number of cyclic esters (lactones) is 1. The lowest BCUT2D eigenvalue weighted by Crippen LogP contribution is -2.40. The number of hydrogen-bond donors (Lipinski definition) is 2. The summed E-state index contributed by atoms with van der Waals surface area (Å²) in [5.74, 6) is 1.19. The van der Waals surface area contributed by atoms with Crippen molar-refractivity contribution in [2.75, 3.05) is 38.3 Å². The number of carbonyl (C=O) groups is 1. The second-order valence-electron chi connectivity index (χ2n) is 8.30. The molecule has 11 heteroatoms. The molecule has 2 aliphatic rings. The molecular weight excluding hydrogens is 457 g/mol. The van der Waals surface area contributed by atoms with Crippen molar-refractivity contribution >= 4 is 22.8 Å². The smallest absolute Gasteiger partial charge is 0.414 e. The Kier molecular flexibility index (Phi) is 6.51. The fourth-order valence-corrected chi connectivity index (χ4v) is 4.15. The van der Waals surface area contributed by atoms with Gasteiger partial charge in [-0.05, 0) is 31.2 Å². The molecule has 35 heavy (non-hydrogen) atoms. The first-order valence-electron chi connectivity index (χ1n) is 11.4. The van der Waals surface area contributed by atoms with E-state index < -0.39 is 24.1 Å². The Bertz CT molecular complexity index is 1240. The Balaban J connectivity index is 1.17. The number of pyridine rings is 2. The second-order valence-corrected chi connectivity index (χ2v) is 8.30. The maximum absolute atomic E-state index is 14.5. The number of amides is 1. The van der Waals surface area contributed by atoms with Gasteiger partial charge in [0.15, 0.2) is 11.5 Å². The summed E-state index contributed by atoms with van der Waals surface area (Å²) in [5, 5.41) is 3.20. The molecule has 1 aromatic carbocycles. The maximum Gasteiger partial charge on any atom is 0.414 e. The molecule has 0 bridgehead atoms. The fourth-order valence-electron chi connectivity index (χ4n) is 4.15. The van der Waals surface area contributed by atoms with Crippen LogP contribution in [0.4, 0.5) is 14.9 Å². The number of ether oxygens (including phenoxy) is 4. The van der Waals surface area contributed by atoms with E-state index in [-0.39, 0.29) is 6.54 Å². The number of nitrogens with zero attached hydrogens (tertiary/aromatic N) is 3. The lowest BCUT2D eigenvalue weighted by atomic mass is 10.1. The number of nitrogens with two attached hydrogens (primary N) is 1. The molecular formula is C24H26FN5O5. The van der Waals surface area contributed by atoms with Crippen LogP contribution < -0.4 is 30.2 Å². The summed E-state index contributed by atoms with van der Waals surface area (Å²) in [7, 11) is 1.50. The number of nitrogens with one attached hydrogen (secondary N) is 1. The van der Waals surface area contributed by atoms with Crippen molar-refractivity contribution in [1.29, 1.82) is 0 Å². The molecule has 1 unspecified atom stereocenters. The van der Waals surface area contributed by atoms with Crippen molar-refractivity contribution in [3.05, 3.63) is 47.9 Å². The van der Waals surface area contributed by atoms with Crippen molar-refractivity contribution in [2.24, 2.45) is 5.73 Å². The molecule has 5 rings (SSSR count). The molecule has 1 amide bonds. The zero-order chi connectivity index (χ0) is 24.4. The minimum Gasteiger partial charge on any atom is -0.486 e.